The van der Waals surface area contributed by atoms with Gasteiger partial charge >= 0.3 is 0 Å². The minimum atomic E-state index is 0.477. The number of benzene rings is 1. The number of aromatic nitrogens is 3. The lowest BCUT2D eigenvalue weighted by molar-refractivity contribution is 0.343. The number of H-pyrrole nitrogens is 1. The maximum Gasteiger partial charge on any atom is 0.195 e. The van der Waals surface area contributed by atoms with Crippen molar-refractivity contribution in [1.82, 2.24) is 14.8 Å². The molecule has 0 saturated heterocycles. The molecule has 0 atom stereocenters. The van der Waals surface area contributed by atoms with Crippen LogP contribution in [0.5, 0.6) is 11.5 Å². The lowest BCUT2D eigenvalue weighted by Crippen LogP contribution is -2.16. The first kappa shape index (κ1) is 16.1. The molecule has 1 N–H and O–H groups in total. The van der Waals surface area contributed by atoms with E-state index in [0.717, 1.165) is 34.1 Å². The molecule has 5 nitrogen and oxygen atoms in total. The van der Waals surface area contributed by atoms with Crippen molar-refractivity contribution in [2.24, 2.45) is 0 Å². The molecule has 0 spiro atoms. The van der Waals surface area contributed by atoms with Gasteiger partial charge < -0.3 is 14.0 Å². The Bertz CT molecular complexity index is 717. The van der Waals surface area contributed by atoms with Crippen molar-refractivity contribution in [1.29, 1.82) is 0 Å². The van der Waals surface area contributed by atoms with E-state index >= 15 is 0 Å². The average molecular weight is 333 g/mol. The summed E-state index contributed by atoms with van der Waals surface area (Å²) in [5, 5.41) is 7.42. The van der Waals surface area contributed by atoms with Crippen LogP contribution in [0.3, 0.4) is 0 Å². The molecule has 124 valence electrons. The fourth-order valence-electron chi connectivity index (χ4n) is 3.35. The number of rotatable bonds is 5. The summed E-state index contributed by atoms with van der Waals surface area (Å²) in [6.45, 7) is 0. The standard InChI is InChI=1S/C17H23N3O2S/c1-21-14-9-8-12(10-15(14)22-2)11-16-18-19-17(23)20(16)13-6-4-3-5-7-13/h8-10,13H,3-7,11H2,1-2H3,(H,19,23). The molecule has 1 saturated carbocycles. The van der Waals surface area contributed by atoms with Crippen LogP contribution in [0, 0.1) is 4.77 Å². The van der Waals surface area contributed by atoms with E-state index in [0.29, 0.717) is 6.04 Å². The Morgan fingerprint density at radius 2 is 1.91 bits per heavy atom. The minimum absolute atomic E-state index is 0.477. The third kappa shape index (κ3) is 3.42. The van der Waals surface area contributed by atoms with E-state index in [-0.39, 0.29) is 0 Å². The van der Waals surface area contributed by atoms with E-state index in [4.69, 9.17) is 21.7 Å². The smallest absolute Gasteiger partial charge is 0.195 e. The average Bonchev–Trinajstić information content (AvgIpc) is 2.96. The highest BCUT2D eigenvalue weighted by atomic mass is 32.1. The van der Waals surface area contributed by atoms with Crippen molar-refractivity contribution in [2.75, 3.05) is 14.2 Å². The number of aromatic amines is 1. The van der Waals surface area contributed by atoms with Crippen LogP contribution < -0.4 is 9.47 Å². The van der Waals surface area contributed by atoms with E-state index in [1.807, 2.05) is 18.2 Å². The Balaban J connectivity index is 1.87. The highest BCUT2D eigenvalue weighted by molar-refractivity contribution is 7.71. The van der Waals surface area contributed by atoms with E-state index in [2.05, 4.69) is 14.8 Å². The summed E-state index contributed by atoms with van der Waals surface area (Å²) in [6.07, 6.45) is 6.97. The molecule has 0 bridgehead atoms. The van der Waals surface area contributed by atoms with Crippen LogP contribution in [0.4, 0.5) is 0 Å². The summed E-state index contributed by atoms with van der Waals surface area (Å²) in [6, 6.07) is 6.46. The van der Waals surface area contributed by atoms with Crippen LogP contribution in [-0.4, -0.2) is 29.0 Å². The third-order valence-electron chi connectivity index (χ3n) is 4.53. The van der Waals surface area contributed by atoms with Gasteiger partial charge in [-0.2, -0.15) is 5.10 Å². The van der Waals surface area contributed by atoms with Gasteiger partial charge in [0.1, 0.15) is 5.82 Å². The maximum absolute atomic E-state index is 5.46. The molecule has 1 fully saturated rings. The van der Waals surface area contributed by atoms with Gasteiger partial charge in [0.25, 0.3) is 0 Å². The summed E-state index contributed by atoms with van der Waals surface area (Å²) >= 11 is 5.46. The molecule has 1 aromatic carbocycles. The Morgan fingerprint density at radius 1 is 1.17 bits per heavy atom. The topological polar surface area (TPSA) is 52.1 Å². The number of methoxy groups -OCH3 is 2. The van der Waals surface area contributed by atoms with Gasteiger partial charge in [0, 0.05) is 12.5 Å². The molecule has 1 aliphatic rings. The molecule has 1 aliphatic carbocycles. The number of hydrogen-bond donors (Lipinski definition) is 1. The van der Waals surface area contributed by atoms with Crippen LogP contribution in [0.25, 0.3) is 0 Å². The quantitative estimate of drug-likeness (QED) is 0.839. The lowest BCUT2D eigenvalue weighted by Gasteiger charge is -2.24. The zero-order valence-corrected chi connectivity index (χ0v) is 14.5. The Labute approximate surface area is 141 Å². The highest BCUT2D eigenvalue weighted by Gasteiger charge is 2.20. The van der Waals surface area contributed by atoms with Crippen LogP contribution in [0.1, 0.15) is 49.5 Å². The summed E-state index contributed by atoms with van der Waals surface area (Å²) in [5.41, 5.74) is 1.13. The van der Waals surface area contributed by atoms with Gasteiger partial charge in [0.05, 0.1) is 14.2 Å². The molecular formula is C17H23N3O2S. The number of ether oxygens (including phenoxy) is 2. The third-order valence-corrected chi connectivity index (χ3v) is 4.82. The fraction of sp³-hybridized carbons (Fsp3) is 0.529. The van der Waals surface area contributed by atoms with E-state index in [1.165, 1.54) is 32.1 Å². The number of nitrogens with zero attached hydrogens (tertiary/aromatic N) is 2. The van der Waals surface area contributed by atoms with Crippen molar-refractivity contribution in [3.05, 3.63) is 34.4 Å². The van der Waals surface area contributed by atoms with E-state index < -0.39 is 0 Å². The van der Waals surface area contributed by atoms with Crippen LogP contribution >= 0.6 is 12.2 Å². The second-order valence-corrected chi connectivity index (χ2v) is 6.36. The van der Waals surface area contributed by atoms with Gasteiger partial charge in [-0.1, -0.05) is 25.3 Å². The van der Waals surface area contributed by atoms with Crippen molar-refractivity contribution >= 4 is 12.2 Å². The Hall–Kier alpha value is -1.82. The maximum atomic E-state index is 5.46. The van der Waals surface area contributed by atoms with Gasteiger partial charge in [0.15, 0.2) is 16.3 Å². The van der Waals surface area contributed by atoms with Crippen LogP contribution in [0.15, 0.2) is 18.2 Å². The second kappa shape index (κ2) is 7.17. The minimum Gasteiger partial charge on any atom is -0.493 e. The largest absolute Gasteiger partial charge is 0.493 e. The summed E-state index contributed by atoms with van der Waals surface area (Å²) in [7, 11) is 3.30. The molecule has 0 radical (unpaired) electrons. The van der Waals surface area contributed by atoms with Crippen molar-refractivity contribution in [3.8, 4) is 11.5 Å². The monoisotopic (exact) mass is 333 g/mol. The zero-order chi connectivity index (χ0) is 16.2. The van der Waals surface area contributed by atoms with Gasteiger partial charge in [-0.05, 0) is 42.8 Å². The lowest BCUT2D eigenvalue weighted by atomic mass is 9.95. The molecule has 2 aromatic rings. The molecule has 1 heterocycles. The van der Waals surface area contributed by atoms with Crippen molar-refractivity contribution in [3.63, 3.8) is 0 Å². The summed E-state index contributed by atoms with van der Waals surface area (Å²) in [4.78, 5) is 0. The molecule has 3 rings (SSSR count). The van der Waals surface area contributed by atoms with E-state index in [9.17, 15) is 0 Å². The molecule has 1 aromatic heterocycles. The SMILES string of the molecule is COc1ccc(Cc2n[nH]c(=S)n2C2CCCCC2)cc1OC. The molecular weight excluding hydrogens is 310 g/mol. The number of nitrogens with one attached hydrogen (secondary N) is 1. The zero-order valence-electron chi connectivity index (χ0n) is 13.7. The molecule has 0 aliphatic heterocycles. The van der Waals surface area contributed by atoms with Gasteiger partial charge in [0.2, 0.25) is 0 Å². The van der Waals surface area contributed by atoms with Crippen molar-refractivity contribution in [2.45, 2.75) is 44.6 Å². The predicted molar refractivity (Wildman–Crippen MR) is 91.9 cm³/mol. The Kier molecular flexibility index (Phi) is 5.00. The first-order valence-corrected chi connectivity index (χ1v) is 8.50. The van der Waals surface area contributed by atoms with Crippen LogP contribution in [-0.2, 0) is 6.42 Å². The van der Waals surface area contributed by atoms with E-state index in [1.54, 1.807) is 14.2 Å². The molecule has 0 unspecified atom stereocenters. The van der Waals surface area contributed by atoms with Crippen molar-refractivity contribution < 1.29 is 9.47 Å². The fourth-order valence-corrected chi connectivity index (χ4v) is 3.65. The highest BCUT2D eigenvalue weighted by Crippen LogP contribution is 2.31. The second-order valence-electron chi connectivity index (χ2n) is 5.97. The molecule has 23 heavy (non-hydrogen) atoms. The predicted octanol–water partition coefficient (Wildman–Crippen LogP) is 4.05. The van der Waals surface area contributed by atoms with Gasteiger partial charge in [-0.25, -0.2) is 0 Å². The summed E-state index contributed by atoms with van der Waals surface area (Å²) in [5.74, 6) is 2.47. The number of hydrogen-bond acceptors (Lipinski definition) is 4. The normalized spacial score (nSPS) is 15.6. The Morgan fingerprint density at radius 3 is 2.61 bits per heavy atom. The summed E-state index contributed by atoms with van der Waals surface area (Å²) < 4.78 is 13.6. The molecule has 6 heteroatoms. The van der Waals surface area contributed by atoms with Gasteiger partial charge in [-0.3, -0.25) is 5.10 Å². The first-order chi connectivity index (χ1) is 11.2. The van der Waals surface area contributed by atoms with Crippen LogP contribution in [0.2, 0.25) is 0 Å². The van der Waals surface area contributed by atoms with Gasteiger partial charge in [-0.15, -0.1) is 0 Å². The molecule has 0 amide bonds. The first-order valence-electron chi connectivity index (χ1n) is 8.09.